The Morgan fingerprint density at radius 3 is 2.03 bits per heavy atom. The van der Waals surface area contributed by atoms with Gasteiger partial charge < -0.3 is 31.4 Å². The molecule has 0 aliphatic heterocycles. The second-order valence-corrected chi connectivity index (χ2v) is 9.60. The highest BCUT2D eigenvalue weighted by Gasteiger charge is 2.29. The van der Waals surface area contributed by atoms with Crippen LogP contribution in [0.2, 0.25) is 0 Å². The van der Waals surface area contributed by atoms with Crippen LogP contribution in [0.25, 0.3) is 0 Å². The molecule has 11 nitrogen and oxygen atoms in total. The van der Waals surface area contributed by atoms with Crippen molar-refractivity contribution in [2.45, 2.75) is 97.9 Å². The van der Waals surface area contributed by atoms with Crippen LogP contribution in [-0.2, 0) is 28.7 Å². The first kappa shape index (κ1) is 33.1. The van der Waals surface area contributed by atoms with Crippen molar-refractivity contribution in [1.82, 2.24) is 21.3 Å². The van der Waals surface area contributed by atoms with Gasteiger partial charge in [0.05, 0.1) is 23.3 Å². The van der Waals surface area contributed by atoms with E-state index in [0.29, 0.717) is 32.0 Å². The highest BCUT2D eigenvalue weighted by Crippen LogP contribution is 2.09. The van der Waals surface area contributed by atoms with Gasteiger partial charge in [-0.3, -0.25) is 19.2 Å². The van der Waals surface area contributed by atoms with Crippen molar-refractivity contribution in [2.75, 3.05) is 6.54 Å². The highest BCUT2D eigenvalue weighted by atomic mass is 32.1. The number of nitrogens with one attached hydrogen (secondary N) is 5. The van der Waals surface area contributed by atoms with Crippen molar-refractivity contribution in [3.8, 4) is 0 Å². The van der Waals surface area contributed by atoms with Crippen LogP contribution in [0.5, 0.6) is 0 Å². The van der Waals surface area contributed by atoms with Crippen molar-refractivity contribution in [3.05, 3.63) is 0 Å². The summed E-state index contributed by atoms with van der Waals surface area (Å²) >= 11 is 5.50. The van der Waals surface area contributed by atoms with E-state index in [1.165, 1.54) is 13.8 Å². The molecule has 0 unspecified atom stereocenters. The molecule has 0 fully saturated rings. The maximum Gasteiger partial charge on any atom is 0.328 e. The number of esters is 1. The molecule has 0 saturated carbocycles. The molecule has 0 aliphatic carbocycles. The highest BCUT2D eigenvalue weighted by molar-refractivity contribution is 7.80. The zero-order valence-electron chi connectivity index (χ0n) is 22.1. The van der Waals surface area contributed by atoms with Crippen molar-refractivity contribution in [2.24, 2.45) is 5.92 Å². The number of thiocarbonyl (C=S) groups is 1. The van der Waals surface area contributed by atoms with Gasteiger partial charge in [0, 0.05) is 26.8 Å². The largest absolute Gasteiger partial charge is 0.461 e. The summed E-state index contributed by atoms with van der Waals surface area (Å²) in [6, 6.07) is -2.42. The van der Waals surface area contributed by atoms with E-state index in [0.717, 1.165) is 0 Å². The quantitative estimate of drug-likeness (QED) is 0.0813. The molecule has 0 aromatic rings. The van der Waals surface area contributed by atoms with Gasteiger partial charge in [-0.25, -0.2) is 4.79 Å². The number of ketones is 1. The van der Waals surface area contributed by atoms with Gasteiger partial charge in [0.1, 0.15) is 12.1 Å². The molecule has 0 aromatic carbocycles. The van der Waals surface area contributed by atoms with Crippen LogP contribution in [-0.4, -0.2) is 71.5 Å². The van der Waals surface area contributed by atoms with Crippen molar-refractivity contribution >= 4 is 52.9 Å². The Kier molecular flexibility index (Phi) is 16.1. The molecule has 12 heteroatoms. The standard InChI is InChI=1S/C24H41N5O6S/c1-14(2)21(27-17(6)31)23(36)29-19(9-7-8-12-26-16(5)30)22(33)28-20(11-10-18(32)13-25)24(34)35-15(3)4/h13-15,19-21,25H,7-12H2,1-6H3,(H,26,30)(H,27,31)(H,28,33)(H,29,36)/t19-,20-,21-/m0/s1. The van der Waals surface area contributed by atoms with Crippen LogP contribution < -0.4 is 21.3 Å². The summed E-state index contributed by atoms with van der Waals surface area (Å²) in [6.07, 6.45) is 1.63. The van der Waals surface area contributed by atoms with E-state index in [-0.39, 0.29) is 35.6 Å². The van der Waals surface area contributed by atoms with Gasteiger partial charge in [0.25, 0.3) is 0 Å². The van der Waals surface area contributed by atoms with Crippen LogP contribution in [0.3, 0.4) is 0 Å². The van der Waals surface area contributed by atoms with Gasteiger partial charge in [-0.1, -0.05) is 26.1 Å². The molecule has 0 saturated heterocycles. The number of hydrogen-bond donors (Lipinski definition) is 5. The number of rotatable bonds is 17. The molecular formula is C24H41N5O6S. The predicted molar refractivity (Wildman–Crippen MR) is 141 cm³/mol. The first-order chi connectivity index (χ1) is 16.8. The Hall–Kier alpha value is -2.89. The number of ether oxygens (including phenoxy) is 1. The zero-order valence-corrected chi connectivity index (χ0v) is 22.9. The summed E-state index contributed by atoms with van der Waals surface area (Å²) in [4.78, 5) is 60.4. The molecule has 3 atom stereocenters. The molecule has 3 amide bonds. The van der Waals surface area contributed by atoms with Gasteiger partial charge in [0.2, 0.25) is 17.7 Å². The molecule has 0 heterocycles. The Morgan fingerprint density at radius 2 is 1.53 bits per heavy atom. The summed E-state index contributed by atoms with van der Waals surface area (Å²) < 4.78 is 5.23. The first-order valence-corrected chi connectivity index (χ1v) is 12.5. The summed E-state index contributed by atoms with van der Waals surface area (Å²) in [7, 11) is 0. The van der Waals surface area contributed by atoms with E-state index in [4.69, 9.17) is 22.4 Å². The van der Waals surface area contributed by atoms with E-state index in [1.54, 1.807) is 13.8 Å². The number of carbonyl (C=O) groups excluding carboxylic acids is 5. The lowest BCUT2D eigenvalue weighted by Gasteiger charge is -2.28. The van der Waals surface area contributed by atoms with Gasteiger partial charge in [-0.05, 0) is 45.4 Å². The van der Waals surface area contributed by atoms with Crippen LogP contribution >= 0.6 is 12.2 Å². The smallest absolute Gasteiger partial charge is 0.328 e. The fourth-order valence-electron chi connectivity index (χ4n) is 3.22. The Balaban J connectivity index is 5.62. The van der Waals surface area contributed by atoms with Crippen LogP contribution in [0.1, 0.15) is 73.6 Å². The molecule has 204 valence electrons. The summed E-state index contributed by atoms with van der Waals surface area (Å²) in [6.45, 7) is 10.4. The van der Waals surface area contributed by atoms with Crippen LogP contribution in [0, 0.1) is 11.3 Å². The van der Waals surface area contributed by atoms with E-state index in [9.17, 15) is 24.0 Å². The number of Topliss-reactive ketones (excluding diaryl/α,β-unsaturated/α-hetero) is 1. The third-order valence-corrected chi connectivity index (χ3v) is 5.40. The Labute approximate surface area is 218 Å². The van der Waals surface area contributed by atoms with Gasteiger partial charge in [0.15, 0.2) is 5.78 Å². The maximum atomic E-state index is 13.3. The SMILES string of the molecule is CC(=O)NCCCC[C@H](NC(=S)[C@@H](NC(C)=O)C(C)C)C(=O)N[C@@H](CCC(=O)C=N)C(=O)OC(C)C. The average Bonchev–Trinajstić information content (AvgIpc) is 2.77. The fraction of sp³-hybridized carbons (Fsp3) is 0.708. The molecule has 0 aliphatic rings. The minimum Gasteiger partial charge on any atom is -0.461 e. The van der Waals surface area contributed by atoms with E-state index >= 15 is 0 Å². The zero-order chi connectivity index (χ0) is 27.8. The summed E-state index contributed by atoms with van der Waals surface area (Å²) in [5, 5.41) is 18.2. The molecule has 0 rings (SSSR count). The van der Waals surface area contributed by atoms with Gasteiger partial charge in [-0.15, -0.1) is 0 Å². The van der Waals surface area contributed by atoms with Crippen molar-refractivity contribution in [1.29, 1.82) is 5.41 Å². The monoisotopic (exact) mass is 527 g/mol. The third kappa shape index (κ3) is 14.5. The first-order valence-electron chi connectivity index (χ1n) is 12.1. The van der Waals surface area contributed by atoms with E-state index in [2.05, 4.69) is 21.3 Å². The minimum atomic E-state index is -1.09. The van der Waals surface area contributed by atoms with Crippen molar-refractivity contribution < 1.29 is 28.7 Å². The van der Waals surface area contributed by atoms with E-state index < -0.39 is 41.9 Å². The molecule has 0 bridgehead atoms. The fourth-order valence-corrected chi connectivity index (χ4v) is 3.69. The second kappa shape index (κ2) is 17.5. The lowest BCUT2D eigenvalue weighted by atomic mass is 10.0. The van der Waals surface area contributed by atoms with Gasteiger partial charge in [-0.2, -0.15) is 0 Å². The van der Waals surface area contributed by atoms with Crippen LogP contribution in [0.4, 0.5) is 0 Å². The number of hydrogen-bond acceptors (Lipinski definition) is 8. The summed E-state index contributed by atoms with van der Waals surface area (Å²) in [5.41, 5.74) is 0. The number of carbonyl (C=O) groups is 5. The number of unbranched alkanes of at least 4 members (excludes halogenated alkanes) is 1. The number of amides is 3. The molecule has 0 radical (unpaired) electrons. The molecule has 5 N–H and O–H groups in total. The van der Waals surface area contributed by atoms with Crippen LogP contribution in [0.15, 0.2) is 0 Å². The predicted octanol–water partition coefficient (Wildman–Crippen LogP) is 1.17. The molecule has 36 heavy (non-hydrogen) atoms. The lowest BCUT2D eigenvalue weighted by Crippen LogP contribution is -2.56. The molecule has 0 spiro atoms. The summed E-state index contributed by atoms with van der Waals surface area (Å²) in [5.74, 6) is -2.13. The normalized spacial score (nSPS) is 13.2. The van der Waals surface area contributed by atoms with E-state index in [1.807, 2.05) is 13.8 Å². The topological polar surface area (TPSA) is 167 Å². The Bertz CT molecular complexity index is 802. The van der Waals surface area contributed by atoms with Crippen molar-refractivity contribution in [3.63, 3.8) is 0 Å². The minimum absolute atomic E-state index is 0.0221. The van der Waals surface area contributed by atoms with Gasteiger partial charge >= 0.3 is 5.97 Å². The molecule has 0 aromatic heterocycles. The lowest BCUT2D eigenvalue weighted by molar-refractivity contribution is -0.151. The maximum absolute atomic E-state index is 13.3. The third-order valence-electron chi connectivity index (χ3n) is 5.03. The Morgan fingerprint density at radius 1 is 0.889 bits per heavy atom. The average molecular weight is 528 g/mol. The second-order valence-electron chi connectivity index (χ2n) is 9.16. The molecular weight excluding hydrogens is 486 g/mol.